The molecule has 6 aromatic rings. The molecule has 0 atom stereocenters. The summed E-state index contributed by atoms with van der Waals surface area (Å²) in [6.45, 7) is 19.4. The van der Waals surface area contributed by atoms with Gasteiger partial charge in [-0.2, -0.15) is 0 Å². The van der Waals surface area contributed by atoms with E-state index in [0.717, 1.165) is 20.2 Å². The van der Waals surface area contributed by atoms with Gasteiger partial charge in [-0.15, -0.1) is 0 Å². The van der Waals surface area contributed by atoms with Crippen LogP contribution in [-0.4, -0.2) is 64.9 Å². The molecular weight excluding hydrogens is 838 g/mol. The second-order valence-electron chi connectivity index (χ2n) is 18.8. The Balaban J connectivity index is 1.17. The van der Waals surface area contributed by atoms with Crippen molar-refractivity contribution < 1.29 is 18.6 Å². The van der Waals surface area contributed by atoms with E-state index in [9.17, 15) is 19.2 Å². The lowest BCUT2D eigenvalue weighted by molar-refractivity contribution is 0.00578. The molecule has 0 aliphatic carbocycles. The fraction of sp³-hybridized carbons (Fsp3) is 0.422. The zero-order valence-electron chi connectivity index (χ0n) is 38.5. The van der Waals surface area contributed by atoms with Crippen molar-refractivity contribution in [2.45, 2.75) is 105 Å². The van der Waals surface area contributed by atoms with Gasteiger partial charge in [-0.05, 0) is 105 Å². The summed E-state index contributed by atoms with van der Waals surface area (Å²) in [6.07, 6.45) is 0.0631. The maximum atomic E-state index is 14.6. The van der Waals surface area contributed by atoms with Crippen LogP contribution in [-0.2, 0) is 52.7 Å². The summed E-state index contributed by atoms with van der Waals surface area (Å²) in [5, 5.41) is 7.28. The molecule has 2 aliphatic heterocycles. The van der Waals surface area contributed by atoms with Crippen molar-refractivity contribution in [3.8, 4) is 0 Å². The number of hydrogen-bond donors (Lipinski definition) is 2. The lowest BCUT2D eigenvalue weighted by atomic mass is 9.76. The van der Waals surface area contributed by atoms with E-state index in [1.807, 2.05) is 80.5 Å². The summed E-state index contributed by atoms with van der Waals surface area (Å²) in [7, 11) is 3.19. The van der Waals surface area contributed by atoms with Crippen LogP contribution in [0, 0.1) is 13.8 Å². The smallest absolute Gasteiger partial charge is 0.399 e. The summed E-state index contributed by atoms with van der Waals surface area (Å²) < 4.78 is 30.2. The van der Waals surface area contributed by atoms with Crippen molar-refractivity contribution in [2.75, 3.05) is 10.6 Å². The molecule has 0 unspecified atom stereocenters. The Kier molecular flexibility index (Phi) is 11.0. The number of halogens is 1. The molecule has 0 spiro atoms. The van der Waals surface area contributed by atoms with Crippen LogP contribution < -0.4 is 44.1 Å². The summed E-state index contributed by atoms with van der Waals surface area (Å²) in [4.78, 5) is 65.2. The van der Waals surface area contributed by atoms with Crippen LogP contribution in [0.2, 0.25) is 5.02 Å². The Hall–Kier alpha value is -5.52. The molecule has 2 saturated heterocycles. The van der Waals surface area contributed by atoms with Gasteiger partial charge in [0.15, 0.2) is 0 Å². The third-order valence-electron chi connectivity index (χ3n) is 13.5. The molecule has 6 heterocycles. The molecule has 0 radical (unpaired) electrons. The van der Waals surface area contributed by atoms with Gasteiger partial charge in [0.25, 0.3) is 11.1 Å². The third-order valence-corrected chi connectivity index (χ3v) is 13.9. The Bertz CT molecular complexity index is 3140. The summed E-state index contributed by atoms with van der Waals surface area (Å²) in [5.41, 5.74) is 0.512. The topological polar surface area (TPSA) is 175 Å². The minimum absolute atomic E-state index is 0.0631. The van der Waals surface area contributed by atoms with Crippen molar-refractivity contribution in [3.63, 3.8) is 0 Å². The first-order valence-corrected chi connectivity index (χ1v) is 21.6. The first-order chi connectivity index (χ1) is 29.8. The van der Waals surface area contributed by atoms with Gasteiger partial charge in [-0.25, -0.2) is 19.6 Å². The highest BCUT2D eigenvalue weighted by molar-refractivity contribution is 6.66. The van der Waals surface area contributed by atoms with Crippen molar-refractivity contribution in [3.05, 3.63) is 112 Å². The number of benzene rings is 2. The standard InChI is InChI=1S/C45H53B2ClN8O8/c1-24-22-31-34(36(49-24)51-29-18-14-16-27(25(29)2)46-61-42(3,4)43(5,6)62-46)39(58)56(41(60)54(31)12)21-20-26-23-32-33(38(57)55(13)40(59)53(32)11)37(50-26)52-30-19-15-17-28(35(30)48)47-63-44(7,8)45(9,10)64-47/h14-19,22-23H,20-21H2,1-13H3,(H,49,51)(H,50,52). The number of nitrogens with zero attached hydrogens (tertiary/aromatic N) is 6. The van der Waals surface area contributed by atoms with Gasteiger partial charge >= 0.3 is 25.6 Å². The van der Waals surface area contributed by atoms with E-state index in [2.05, 4.69) is 10.6 Å². The van der Waals surface area contributed by atoms with Gasteiger partial charge in [0, 0.05) is 56.6 Å². The largest absolute Gasteiger partial charge is 0.496 e. The molecule has 19 heteroatoms. The van der Waals surface area contributed by atoms with Crippen LogP contribution in [0.15, 0.2) is 67.7 Å². The average molecular weight is 891 g/mol. The molecule has 4 aromatic heterocycles. The zero-order valence-corrected chi connectivity index (χ0v) is 39.3. The molecule has 8 rings (SSSR count). The molecule has 2 aromatic carbocycles. The molecule has 0 amide bonds. The molecule has 0 saturated carbocycles. The van der Waals surface area contributed by atoms with E-state index < -0.39 is 59.1 Å². The predicted octanol–water partition coefficient (Wildman–Crippen LogP) is 4.64. The van der Waals surface area contributed by atoms with Gasteiger partial charge in [0.05, 0.1) is 44.1 Å². The number of pyridine rings is 2. The fourth-order valence-corrected chi connectivity index (χ4v) is 8.34. The average Bonchev–Trinajstić information content (AvgIpc) is 3.58. The lowest BCUT2D eigenvalue weighted by Gasteiger charge is -2.32. The first-order valence-electron chi connectivity index (χ1n) is 21.2. The van der Waals surface area contributed by atoms with Crippen molar-refractivity contribution >= 4 is 81.6 Å². The van der Waals surface area contributed by atoms with Gasteiger partial charge in [-0.3, -0.25) is 27.9 Å². The van der Waals surface area contributed by atoms with Crippen LogP contribution >= 0.6 is 11.6 Å². The Labute approximate surface area is 375 Å². The Morgan fingerprint density at radius 1 is 0.625 bits per heavy atom. The van der Waals surface area contributed by atoms with Crippen LogP contribution in [0.3, 0.4) is 0 Å². The monoisotopic (exact) mass is 890 g/mol. The number of rotatable bonds is 9. The number of hydrogen-bond acceptors (Lipinski definition) is 12. The number of anilines is 4. The van der Waals surface area contributed by atoms with Gasteiger partial charge < -0.3 is 29.3 Å². The molecule has 2 fully saturated rings. The van der Waals surface area contributed by atoms with E-state index >= 15 is 0 Å². The van der Waals surface area contributed by atoms with Gasteiger partial charge in [0.2, 0.25) is 0 Å². The normalized spacial score (nSPS) is 17.5. The van der Waals surface area contributed by atoms with E-state index in [1.165, 1.54) is 16.2 Å². The Morgan fingerprint density at radius 2 is 1.11 bits per heavy atom. The molecule has 2 N–H and O–H groups in total. The maximum absolute atomic E-state index is 14.6. The van der Waals surface area contributed by atoms with Crippen molar-refractivity contribution in [1.29, 1.82) is 0 Å². The van der Waals surface area contributed by atoms with Gasteiger partial charge in [0.1, 0.15) is 22.4 Å². The molecular formula is C45H53B2ClN8O8. The van der Waals surface area contributed by atoms with E-state index in [0.29, 0.717) is 39.3 Å². The maximum Gasteiger partial charge on any atom is 0.496 e. The predicted molar refractivity (Wildman–Crippen MR) is 253 cm³/mol. The molecule has 0 bridgehead atoms. The van der Waals surface area contributed by atoms with E-state index in [-0.39, 0.29) is 40.4 Å². The lowest BCUT2D eigenvalue weighted by Crippen LogP contribution is -2.41. The highest BCUT2D eigenvalue weighted by Gasteiger charge is 2.53. The van der Waals surface area contributed by atoms with Crippen molar-refractivity contribution in [1.82, 2.24) is 28.2 Å². The Morgan fingerprint density at radius 3 is 1.72 bits per heavy atom. The third kappa shape index (κ3) is 7.38. The number of fused-ring (bicyclic) bond motifs is 2. The summed E-state index contributed by atoms with van der Waals surface area (Å²) in [6, 6.07) is 14.4. The molecule has 16 nitrogen and oxygen atoms in total. The summed E-state index contributed by atoms with van der Waals surface area (Å²) in [5.74, 6) is 0.402. The zero-order chi connectivity index (χ0) is 46.6. The van der Waals surface area contributed by atoms with Gasteiger partial charge in [-0.1, -0.05) is 35.9 Å². The number of aryl methyl sites for hydroxylation is 4. The number of nitrogens with one attached hydrogen (secondary N) is 2. The van der Waals surface area contributed by atoms with Crippen LogP contribution in [0.5, 0.6) is 0 Å². The minimum Gasteiger partial charge on any atom is -0.399 e. The van der Waals surface area contributed by atoms with Crippen LogP contribution in [0.1, 0.15) is 72.3 Å². The number of aromatic nitrogens is 6. The van der Waals surface area contributed by atoms with Crippen molar-refractivity contribution in [2.24, 2.45) is 21.1 Å². The second-order valence-corrected chi connectivity index (χ2v) is 19.1. The van der Waals surface area contributed by atoms with Crippen LogP contribution in [0.25, 0.3) is 21.8 Å². The first kappa shape index (κ1) is 45.1. The molecule has 2 aliphatic rings. The fourth-order valence-electron chi connectivity index (χ4n) is 8.08. The summed E-state index contributed by atoms with van der Waals surface area (Å²) >= 11 is 7.04. The highest BCUT2D eigenvalue weighted by Crippen LogP contribution is 2.39. The van der Waals surface area contributed by atoms with E-state index in [4.69, 9.17) is 40.2 Å². The molecule has 334 valence electrons. The highest BCUT2D eigenvalue weighted by atomic mass is 35.5. The van der Waals surface area contributed by atoms with E-state index in [1.54, 1.807) is 51.4 Å². The minimum atomic E-state index is -0.766. The second kappa shape index (κ2) is 15.6. The SMILES string of the molecule is Cc1cc2c(c(Nc3cccc(B4OC(C)(C)C(C)(C)O4)c3C)n1)c(=O)n(CCc1cc3c(c(Nc4cccc(B5OC(C)(C)C(C)(C)O5)c4Cl)n1)c(=O)n(C)c(=O)n3C)c(=O)n2C. The quantitative estimate of drug-likeness (QED) is 0.193. The molecule has 64 heavy (non-hydrogen) atoms. The van der Waals surface area contributed by atoms with Crippen LogP contribution in [0.4, 0.5) is 23.0 Å².